The van der Waals surface area contributed by atoms with E-state index in [2.05, 4.69) is 5.16 Å². The van der Waals surface area contributed by atoms with Gasteiger partial charge in [0.25, 0.3) is 0 Å². The van der Waals surface area contributed by atoms with Crippen molar-refractivity contribution in [3.05, 3.63) is 47.5 Å². The molecule has 64 valence electrons. The molecule has 13 heavy (non-hydrogen) atoms. The lowest BCUT2D eigenvalue weighted by atomic mass is 9.95. The number of hydrogen-bond donors (Lipinski definition) is 1. The van der Waals surface area contributed by atoms with E-state index in [1.54, 1.807) is 24.3 Å². The van der Waals surface area contributed by atoms with Gasteiger partial charge in [-0.1, -0.05) is 29.4 Å². The highest BCUT2D eigenvalue weighted by molar-refractivity contribution is 6.23. The molecule has 0 fully saturated rings. The fraction of sp³-hybridized carbons (Fsp3) is 0. The average Bonchev–Trinajstić information content (AvgIpc) is 2.19. The summed E-state index contributed by atoms with van der Waals surface area (Å²) >= 11 is 0. The molecule has 1 N–H and O–H groups in total. The molecule has 3 nitrogen and oxygen atoms in total. The zero-order valence-electron chi connectivity index (χ0n) is 6.77. The third-order valence-corrected chi connectivity index (χ3v) is 1.97. The Hall–Kier alpha value is -1.90. The predicted octanol–water partition coefficient (Wildman–Crippen LogP) is 1.62. The molecule has 1 aromatic carbocycles. The molecule has 0 bridgehead atoms. The summed E-state index contributed by atoms with van der Waals surface area (Å²) in [5.74, 6) is -0.0528. The number of benzene rings is 1. The van der Waals surface area contributed by atoms with Crippen molar-refractivity contribution in [2.75, 3.05) is 0 Å². The quantitative estimate of drug-likeness (QED) is 0.478. The third kappa shape index (κ3) is 1.14. The largest absolute Gasteiger partial charge is 0.410 e. The predicted molar refractivity (Wildman–Crippen MR) is 48.2 cm³/mol. The Balaban J connectivity index is 2.68. The minimum atomic E-state index is -0.0528. The van der Waals surface area contributed by atoms with Crippen LogP contribution in [0.5, 0.6) is 0 Å². The van der Waals surface area contributed by atoms with Crippen LogP contribution in [0.4, 0.5) is 0 Å². The van der Waals surface area contributed by atoms with Gasteiger partial charge in [-0.25, -0.2) is 0 Å². The van der Waals surface area contributed by atoms with Crippen LogP contribution in [0.2, 0.25) is 0 Å². The van der Waals surface area contributed by atoms with Gasteiger partial charge in [-0.05, 0) is 12.2 Å². The van der Waals surface area contributed by atoms with E-state index in [9.17, 15) is 4.79 Å². The van der Waals surface area contributed by atoms with Crippen molar-refractivity contribution in [1.29, 1.82) is 0 Å². The highest BCUT2D eigenvalue weighted by atomic mass is 16.4. The van der Waals surface area contributed by atoms with Gasteiger partial charge in [0.15, 0.2) is 5.78 Å². The van der Waals surface area contributed by atoms with Crippen LogP contribution in [0.3, 0.4) is 0 Å². The van der Waals surface area contributed by atoms with Crippen LogP contribution < -0.4 is 0 Å². The number of carbonyl (C=O) groups excluding carboxylic acids is 1. The zero-order valence-corrected chi connectivity index (χ0v) is 6.77. The Labute approximate surface area is 75.0 Å². The van der Waals surface area contributed by atoms with Crippen LogP contribution >= 0.6 is 0 Å². The van der Waals surface area contributed by atoms with Crippen molar-refractivity contribution in [1.82, 2.24) is 0 Å². The maximum Gasteiger partial charge on any atom is 0.186 e. The van der Waals surface area contributed by atoms with E-state index in [-0.39, 0.29) is 5.78 Å². The number of nitrogens with zero attached hydrogens (tertiary/aromatic N) is 1. The minimum Gasteiger partial charge on any atom is -0.410 e. The van der Waals surface area contributed by atoms with E-state index in [1.165, 1.54) is 12.2 Å². The summed E-state index contributed by atoms with van der Waals surface area (Å²) in [5, 5.41) is 11.8. The molecular weight excluding hydrogens is 166 g/mol. The van der Waals surface area contributed by atoms with Gasteiger partial charge in [-0.2, -0.15) is 0 Å². The highest BCUT2D eigenvalue weighted by Gasteiger charge is 2.16. The highest BCUT2D eigenvalue weighted by Crippen LogP contribution is 2.16. The molecule has 0 amide bonds. The van der Waals surface area contributed by atoms with Crippen LogP contribution in [-0.2, 0) is 0 Å². The van der Waals surface area contributed by atoms with Crippen LogP contribution in [0.15, 0.2) is 41.6 Å². The molecule has 0 aliphatic heterocycles. The summed E-state index contributed by atoms with van der Waals surface area (Å²) in [7, 11) is 0. The van der Waals surface area contributed by atoms with E-state index in [0.717, 1.165) is 0 Å². The Morgan fingerprint density at radius 2 is 1.77 bits per heavy atom. The molecule has 2 rings (SSSR count). The summed E-state index contributed by atoms with van der Waals surface area (Å²) < 4.78 is 0. The second kappa shape index (κ2) is 2.86. The zero-order chi connectivity index (χ0) is 9.26. The first-order valence-corrected chi connectivity index (χ1v) is 3.87. The summed E-state index contributed by atoms with van der Waals surface area (Å²) in [4.78, 5) is 11.3. The number of hydrogen-bond acceptors (Lipinski definition) is 3. The summed E-state index contributed by atoms with van der Waals surface area (Å²) in [6.07, 6.45) is 2.90. The standard InChI is InChI=1S/C10H7NO2/c12-10-6-5-9(11-13)7-3-1-2-4-8(7)10/h1-6,13H. The average molecular weight is 173 g/mol. The number of rotatable bonds is 0. The SMILES string of the molecule is O=C1C=CC(=NO)c2ccccc21. The van der Waals surface area contributed by atoms with Crippen LogP contribution in [-0.4, -0.2) is 16.7 Å². The van der Waals surface area contributed by atoms with Gasteiger partial charge in [0.2, 0.25) is 0 Å². The smallest absolute Gasteiger partial charge is 0.186 e. The van der Waals surface area contributed by atoms with Crippen molar-refractivity contribution in [3.8, 4) is 0 Å². The first-order chi connectivity index (χ1) is 6.33. The summed E-state index contributed by atoms with van der Waals surface area (Å²) in [5.41, 5.74) is 1.69. The fourth-order valence-electron chi connectivity index (χ4n) is 1.34. The van der Waals surface area contributed by atoms with Crippen LogP contribution in [0.25, 0.3) is 0 Å². The molecule has 1 aromatic rings. The number of fused-ring (bicyclic) bond motifs is 1. The second-order valence-electron chi connectivity index (χ2n) is 2.73. The molecule has 0 spiro atoms. The van der Waals surface area contributed by atoms with E-state index in [0.29, 0.717) is 16.8 Å². The Kier molecular flexibility index (Phi) is 1.70. The van der Waals surface area contributed by atoms with Crippen molar-refractivity contribution in [3.63, 3.8) is 0 Å². The van der Waals surface area contributed by atoms with Gasteiger partial charge in [0.1, 0.15) is 5.71 Å². The summed E-state index contributed by atoms with van der Waals surface area (Å²) in [6.45, 7) is 0. The van der Waals surface area contributed by atoms with Crippen molar-refractivity contribution < 1.29 is 10.0 Å². The van der Waals surface area contributed by atoms with Crippen molar-refractivity contribution >= 4 is 11.5 Å². The molecule has 3 heteroatoms. The molecular formula is C10H7NO2. The first kappa shape index (κ1) is 7.73. The van der Waals surface area contributed by atoms with Gasteiger partial charge in [-0.3, -0.25) is 4.79 Å². The number of ketones is 1. The Bertz CT molecular complexity index is 419. The minimum absolute atomic E-state index is 0.0528. The molecule has 0 saturated heterocycles. The number of carbonyl (C=O) groups is 1. The van der Waals surface area contributed by atoms with Gasteiger partial charge in [0.05, 0.1) is 0 Å². The normalized spacial score (nSPS) is 17.5. The topological polar surface area (TPSA) is 49.7 Å². The lowest BCUT2D eigenvalue weighted by molar-refractivity contribution is 0.104. The maximum atomic E-state index is 11.3. The van der Waals surface area contributed by atoms with E-state index >= 15 is 0 Å². The van der Waals surface area contributed by atoms with E-state index in [4.69, 9.17) is 5.21 Å². The molecule has 0 heterocycles. The lowest BCUT2D eigenvalue weighted by Crippen LogP contribution is -2.11. The van der Waals surface area contributed by atoms with Gasteiger partial charge in [-0.15, -0.1) is 0 Å². The van der Waals surface area contributed by atoms with Crippen LogP contribution in [0, 0.1) is 0 Å². The Morgan fingerprint density at radius 3 is 2.46 bits per heavy atom. The monoisotopic (exact) mass is 173 g/mol. The molecule has 0 aromatic heterocycles. The molecule has 1 aliphatic carbocycles. The van der Waals surface area contributed by atoms with Gasteiger partial charge < -0.3 is 5.21 Å². The Morgan fingerprint density at radius 1 is 1.08 bits per heavy atom. The second-order valence-corrected chi connectivity index (χ2v) is 2.73. The molecule has 0 radical (unpaired) electrons. The van der Waals surface area contributed by atoms with Gasteiger partial charge in [0, 0.05) is 11.1 Å². The van der Waals surface area contributed by atoms with Crippen molar-refractivity contribution in [2.24, 2.45) is 5.16 Å². The van der Waals surface area contributed by atoms with Crippen LogP contribution in [0.1, 0.15) is 15.9 Å². The first-order valence-electron chi connectivity index (χ1n) is 3.87. The third-order valence-electron chi connectivity index (χ3n) is 1.97. The fourth-order valence-corrected chi connectivity index (χ4v) is 1.34. The van der Waals surface area contributed by atoms with E-state index < -0.39 is 0 Å². The number of oxime groups is 1. The van der Waals surface area contributed by atoms with Crippen molar-refractivity contribution in [2.45, 2.75) is 0 Å². The molecule has 0 unspecified atom stereocenters. The lowest BCUT2D eigenvalue weighted by Gasteiger charge is -2.09. The molecule has 0 saturated carbocycles. The molecule has 0 atom stereocenters. The maximum absolute atomic E-state index is 11.3. The van der Waals surface area contributed by atoms with E-state index in [1.807, 2.05) is 0 Å². The number of allylic oxidation sites excluding steroid dienone is 2. The molecule has 1 aliphatic rings. The van der Waals surface area contributed by atoms with Gasteiger partial charge >= 0.3 is 0 Å². The summed E-state index contributed by atoms with van der Waals surface area (Å²) in [6, 6.07) is 7.06.